The van der Waals surface area contributed by atoms with Gasteiger partial charge in [-0.2, -0.15) is 0 Å². The molecule has 3 nitrogen and oxygen atoms in total. The van der Waals surface area contributed by atoms with E-state index in [-0.39, 0.29) is 0 Å². The summed E-state index contributed by atoms with van der Waals surface area (Å²) in [4.78, 5) is 5.15. The Balaban J connectivity index is 1.02. The minimum Gasteiger partial charge on any atom is -0.309 e. The molecule has 3 heterocycles. The number of rotatable bonds is 5. The fourth-order valence-electron chi connectivity index (χ4n) is 9.20. The van der Waals surface area contributed by atoms with Gasteiger partial charge in [0.1, 0.15) is 0 Å². The molecule has 0 saturated heterocycles. The molecule has 0 aliphatic rings. The van der Waals surface area contributed by atoms with Crippen LogP contribution in [-0.2, 0) is 0 Å². The minimum atomic E-state index is 0.963. The van der Waals surface area contributed by atoms with Crippen molar-refractivity contribution in [1.82, 2.24) is 14.1 Å². The summed E-state index contributed by atoms with van der Waals surface area (Å²) in [5, 5.41) is 8.60. The van der Waals surface area contributed by atoms with Gasteiger partial charge < -0.3 is 9.13 Å². The summed E-state index contributed by atoms with van der Waals surface area (Å²) < 4.78 is 4.82. The van der Waals surface area contributed by atoms with Gasteiger partial charge in [0.2, 0.25) is 0 Å². The van der Waals surface area contributed by atoms with Gasteiger partial charge in [-0.3, -0.25) is 0 Å². The normalized spacial score (nSPS) is 11.8. The molecule has 0 N–H and O–H groups in total. The van der Waals surface area contributed by atoms with Gasteiger partial charge in [-0.1, -0.05) is 146 Å². The number of aromatic nitrogens is 3. The second kappa shape index (κ2) is 12.9. The van der Waals surface area contributed by atoms with Crippen molar-refractivity contribution in [2.24, 2.45) is 0 Å². The molecule has 270 valence electrons. The molecule has 0 bridgehead atoms. The number of hydrogen-bond acceptors (Lipinski definition) is 1. The standard InChI is InChI=1S/C55H35N3/c1-3-13-36(14-4-1)47-35-51(56-50-21-11-9-19-44(47)50)38-23-28-42(29-24-38)58-54-32-27-40(34-49(54)46-30-25-37-15-7-8-18-43(37)55(46)58)39-26-31-53-48(33-39)45-20-10-12-22-52(45)57(53)41-16-5-2-6-17-41/h1-35H. The van der Waals surface area contributed by atoms with Crippen molar-refractivity contribution in [1.29, 1.82) is 0 Å². The molecule has 3 aromatic heterocycles. The third kappa shape index (κ3) is 5.04. The van der Waals surface area contributed by atoms with E-state index in [4.69, 9.17) is 4.98 Å². The van der Waals surface area contributed by atoms with E-state index in [1.54, 1.807) is 0 Å². The van der Waals surface area contributed by atoms with Crippen LogP contribution in [0.15, 0.2) is 212 Å². The Morgan fingerprint density at radius 1 is 0.310 bits per heavy atom. The van der Waals surface area contributed by atoms with Crippen molar-refractivity contribution < 1.29 is 0 Å². The van der Waals surface area contributed by atoms with Gasteiger partial charge >= 0.3 is 0 Å². The summed E-state index contributed by atoms with van der Waals surface area (Å²) in [6, 6.07) is 76.8. The third-order valence-corrected chi connectivity index (χ3v) is 11.9. The van der Waals surface area contributed by atoms with Crippen LogP contribution in [0.1, 0.15) is 0 Å². The molecular weight excluding hydrogens is 703 g/mol. The molecule has 0 amide bonds. The summed E-state index contributed by atoms with van der Waals surface area (Å²) in [7, 11) is 0. The van der Waals surface area contributed by atoms with Crippen LogP contribution in [0.3, 0.4) is 0 Å². The summed E-state index contributed by atoms with van der Waals surface area (Å²) in [6.45, 7) is 0. The van der Waals surface area contributed by atoms with E-state index < -0.39 is 0 Å². The number of fused-ring (bicyclic) bond motifs is 9. The molecule has 0 unspecified atom stereocenters. The maximum absolute atomic E-state index is 5.15. The predicted octanol–water partition coefficient (Wildman–Crippen LogP) is 14.6. The van der Waals surface area contributed by atoms with E-state index in [2.05, 4.69) is 221 Å². The number of pyridine rings is 1. The highest BCUT2D eigenvalue weighted by Crippen LogP contribution is 2.41. The fourth-order valence-corrected chi connectivity index (χ4v) is 9.20. The van der Waals surface area contributed by atoms with E-state index in [1.165, 1.54) is 82.3 Å². The molecule has 0 spiro atoms. The van der Waals surface area contributed by atoms with Gasteiger partial charge in [0, 0.05) is 49.3 Å². The molecule has 0 atom stereocenters. The van der Waals surface area contributed by atoms with E-state index in [9.17, 15) is 0 Å². The van der Waals surface area contributed by atoms with E-state index in [0.29, 0.717) is 0 Å². The zero-order valence-corrected chi connectivity index (χ0v) is 31.5. The molecule has 12 aromatic rings. The smallest absolute Gasteiger partial charge is 0.0715 e. The molecule has 12 rings (SSSR count). The Kier molecular flexibility index (Phi) is 7.23. The van der Waals surface area contributed by atoms with Crippen LogP contribution < -0.4 is 0 Å². The van der Waals surface area contributed by atoms with Crippen LogP contribution in [0.2, 0.25) is 0 Å². The van der Waals surface area contributed by atoms with Crippen molar-refractivity contribution in [3.63, 3.8) is 0 Å². The first kappa shape index (κ1) is 32.5. The molecule has 0 fully saturated rings. The first-order valence-corrected chi connectivity index (χ1v) is 19.9. The van der Waals surface area contributed by atoms with Gasteiger partial charge in [0.15, 0.2) is 0 Å². The van der Waals surface area contributed by atoms with Gasteiger partial charge in [0.25, 0.3) is 0 Å². The fraction of sp³-hybridized carbons (Fsp3) is 0. The van der Waals surface area contributed by atoms with Crippen LogP contribution in [-0.4, -0.2) is 14.1 Å². The first-order chi connectivity index (χ1) is 28.8. The Bertz CT molecular complexity index is 3540. The minimum absolute atomic E-state index is 0.963. The lowest BCUT2D eigenvalue weighted by Gasteiger charge is -2.13. The van der Waals surface area contributed by atoms with Gasteiger partial charge in [-0.05, 0) is 94.4 Å². The highest BCUT2D eigenvalue weighted by atomic mass is 15.0. The predicted molar refractivity (Wildman–Crippen MR) is 244 cm³/mol. The number of benzene rings is 9. The van der Waals surface area contributed by atoms with E-state index in [1.807, 2.05) is 0 Å². The largest absolute Gasteiger partial charge is 0.309 e. The second-order valence-electron chi connectivity index (χ2n) is 15.2. The molecule has 0 saturated carbocycles. The Labute approximate surface area is 335 Å². The lowest BCUT2D eigenvalue weighted by Crippen LogP contribution is -1.95. The zero-order valence-electron chi connectivity index (χ0n) is 31.5. The van der Waals surface area contributed by atoms with Crippen LogP contribution >= 0.6 is 0 Å². The van der Waals surface area contributed by atoms with Gasteiger partial charge in [-0.15, -0.1) is 0 Å². The van der Waals surface area contributed by atoms with Crippen molar-refractivity contribution in [2.45, 2.75) is 0 Å². The molecular formula is C55H35N3. The monoisotopic (exact) mass is 737 g/mol. The third-order valence-electron chi connectivity index (χ3n) is 11.9. The topological polar surface area (TPSA) is 22.8 Å². The molecule has 0 radical (unpaired) electrons. The Morgan fingerprint density at radius 2 is 0.879 bits per heavy atom. The summed E-state index contributed by atoms with van der Waals surface area (Å²) in [6.07, 6.45) is 0. The lowest BCUT2D eigenvalue weighted by molar-refractivity contribution is 1.18. The molecule has 0 aliphatic carbocycles. The van der Waals surface area contributed by atoms with Crippen molar-refractivity contribution in [3.05, 3.63) is 212 Å². The van der Waals surface area contributed by atoms with Crippen molar-refractivity contribution in [3.8, 4) is 44.9 Å². The molecule has 58 heavy (non-hydrogen) atoms. The lowest BCUT2D eigenvalue weighted by atomic mass is 9.98. The second-order valence-corrected chi connectivity index (χ2v) is 15.2. The summed E-state index contributed by atoms with van der Waals surface area (Å²) in [5.74, 6) is 0. The average Bonchev–Trinajstić information content (AvgIpc) is 3.82. The summed E-state index contributed by atoms with van der Waals surface area (Å²) >= 11 is 0. The van der Waals surface area contributed by atoms with Crippen molar-refractivity contribution in [2.75, 3.05) is 0 Å². The quantitative estimate of drug-likeness (QED) is 0.172. The maximum Gasteiger partial charge on any atom is 0.0715 e. The average molecular weight is 738 g/mol. The molecule has 0 aliphatic heterocycles. The summed E-state index contributed by atoms with van der Waals surface area (Å²) in [5.41, 5.74) is 14.9. The Morgan fingerprint density at radius 3 is 1.66 bits per heavy atom. The number of nitrogens with zero attached hydrogens (tertiary/aromatic N) is 3. The van der Waals surface area contributed by atoms with Gasteiger partial charge in [-0.25, -0.2) is 4.98 Å². The first-order valence-electron chi connectivity index (χ1n) is 19.9. The molecule has 3 heteroatoms. The SMILES string of the molecule is c1ccc(-c2cc(-c3ccc(-n4c5ccc(-c6ccc7c(c6)c6ccccc6n7-c6ccccc6)cc5c5ccc6ccccc6c54)cc3)nc3ccccc23)cc1. The number of para-hydroxylation sites is 3. The zero-order chi connectivity index (χ0) is 38.2. The molecule has 9 aromatic carbocycles. The van der Waals surface area contributed by atoms with E-state index >= 15 is 0 Å². The van der Waals surface area contributed by atoms with Gasteiger partial charge in [0.05, 0.1) is 33.3 Å². The highest BCUT2D eigenvalue weighted by molar-refractivity contribution is 6.19. The Hall–Kier alpha value is -7.75. The maximum atomic E-state index is 5.15. The van der Waals surface area contributed by atoms with Crippen LogP contribution in [0, 0.1) is 0 Å². The van der Waals surface area contributed by atoms with Crippen LogP contribution in [0.25, 0.3) is 110 Å². The van der Waals surface area contributed by atoms with Crippen LogP contribution in [0.4, 0.5) is 0 Å². The highest BCUT2D eigenvalue weighted by Gasteiger charge is 2.18. The number of hydrogen-bond donors (Lipinski definition) is 0. The van der Waals surface area contributed by atoms with Crippen molar-refractivity contribution >= 4 is 65.3 Å². The van der Waals surface area contributed by atoms with Crippen LogP contribution in [0.5, 0.6) is 0 Å². The van der Waals surface area contributed by atoms with E-state index in [0.717, 1.165) is 27.8 Å².